The van der Waals surface area contributed by atoms with Gasteiger partial charge >= 0.3 is 0 Å². The molecule has 0 spiro atoms. The van der Waals surface area contributed by atoms with Crippen molar-refractivity contribution in [3.05, 3.63) is 94.2 Å². The lowest BCUT2D eigenvalue weighted by Crippen LogP contribution is -2.45. The Morgan fingerprint density at radius 2 is 1.74 bits per heavy atom. The molecule has 2 amide bonds. The number of thioether (sulfide) groups is 1. The van der Waals surface area contributed by atoms with Crippen LogP contribution < -0.4 is 5.32 Å². The number of nitrogens with one attached hydrogen (secondary N) is 1. The zero-order valence-corrected chi connectivity index (χ0v) is 20.9. The van der Waals surface area contributed by atoms with Gasteiger partial charge in [-0.3, -0.25) is 14.5 Å². The van der Waals surface area contributed by atoms with Crippen LogP contribution in [0.25, 0.3) is 0 Å². The molecule has 3 aromatic carbocycles. The maximum absolute atomic E-state index is 13.4. The van der Waals surface area contributed by atoms with Crippen molar-refractivity contribution in [2.24, 2.45) is 4.99 Å². The number of carbonyl (C=O) groups excluding carboxylic acids is 2. The molecule has 5 nitrogen and oxygen atoms in total. The Morgan fingerprint density at radius 1 is 1.06 bits per heavy atom. The van der Waals surface area contributed by atoms with Crippen molar-refractivity contribution in [2.45, 2.75) is 24.5 Å². The highest BCUT2D eigenvalue weighted by atomic mass is 35.5. The first-order valence-corrected chi connectivity index (χ1v) is 12.6. The van der Waals surface area contributed by atoms with Crippen molar-refractivity contribution in [1.29, 1.82) is 0 Å². The van der Waals surface area contributed by atoms with Gasteiger partial charge in [0, 0.05) is 28.7 Å². The summed E-state index contributed by atoms with van der Waals surface area (Å²) in [6.45, 7) is 0.457. The molecule has 9 heteroatoms. The molecule has 4 rings (SSSR count). The predicted molar refractivity (Wildman–Crippen MR) is 141 cm³/mol. The molecule has 1 atom stereocenters. The Morgan fingerprint density at radius 3 is 2.43 bits per heavy atom. The van der Waals surface area contributed by atoms with Crippen LogP contribution in [0.1, 0.15) is 18.4 Å². The number of halogens is 3. The number of rotatable bonds is 7. The highest BCUT2D eigenvalue weighted by Crippen LogP contribution is 2.31. The number of benzene rings is 3. The SMILES string of the molecule is O=C(Nc1cc(Cl)cc(Cl)c1)C1CC(=O)N(CCCc2ccccc2)C(=Nc2ccc(F)cc2)S1. The van der Waals surface area contributed by atoms with Gasteiger partial charge in [0.1, 0.15) is 11.1 Å². The third kappa shape index (κ3) is 7.07. The normalized spacial score (nSPS) is 17.0. The summed E-state index contributed by atoms with van der Waals surface area (Å²) in [4.78, 5) is 32.3. The minimum absolute atomic E-state index is 0.0264. The van der Waals surface area contributed by atoms with Crippen molar-refractivity contribution in [2.75, 3.05) is 11.9 Å². The number of hydrogen-bond donors (Lipinski definition) is 1. The van der Waals surface area contributed by atoms with E-state index in [0.29, 0.717) is 33.1 Å². The van der Waals surface area contributed by atoms with Gasteiger partial charge in [-0.25, -0.2) is 9.38 Å². The van der Waals surface area contributed by atoms with Gasteiger partial charge in [0.25, 0.3) is 0 Å². The topological polar surface area (TPSA) is 61.8 Å². The molecule has 1 aliphatic rings. The summed E-state index contributed by atoms with van der Waals surface area (Å²) in [5.74, 6) is -0.919. The predicted octanol–water partition coefficient (Wildman–Crippen LogP) is 6.73. The lowest BCUT2D eigenvalue weighted by molar-refractivity contribution is -0.129. The van der Waals surface area contributed by atoms with E-state index in [-0.39, 0.29) is 24.1 Å². The van der Waals surface area contributed by atoms with Crippen LogP contribution in [-0.2, 0) is 16.0 Å². The van der Waals surface area contributed by atoms with Crippen LogP contribution in [0, 0.1) is 5.82 Å². The monoisotopic (exact) mass is 529 g/mol. The molecule has 1 aliphatic heterocycles. The van der Waals surface area contributed by atoms with Crippen LogP contribution in [0.4, 0.5) is 15.8 Å². The fraction of sp³-hybridized carbons (Fsp3) is 0.192. The lowest BCUT2D eigenvalue weighted by atomic mass is 10.1. The molecular weight excluding hydrogens is 508 g/mol. The average molecular weight is 530 g/mol. The highest BCUT2D eigenvalue weighted by molar-refractivity contribution is 8.15. The van der Waals surface area contributed by atoms with Gasteiger partial charge in [-0.05, 0) is 60.9 Å². The molecule has 0 saturated carbocycles. The summed E-state index contributed by atoms with van der Waals surface area (Å²) in [6.07, 6.45) is 1.56. The smallest absolute Gasteiger partial charge is 0.238 e. The third-order valence-corrected chi connectivity index (χ3v) is 6.93. The van der Waals surface area contributed by atoms with Gasteiger partial charge in [-0.2, -0.15) is 0 Å². The van der Waals surface area contributed by atoms with E-state index in [1.165, 1.54) is 41.6 Å². The molecule has 1 saturated heterocycles. The second-order valence-electron chi connectivity index (χ2n) is 7.96. The molecule has 1 heterocycles. The van der Waals surface area contributed by atoms with E-state index in [9.17, 15) is 14.0 Å². The summed E-state index contributed by atoms with van der Waals surface area (Å²) >= 11 is 13.3. The largest absolute Gasteiger partial charge is 0.325 e. The van der Waals surface area contributed by atoms with Crippen molar-refractivity contribution in [3.63, 3.8) is 0 Å². The molecule has 0 aliphatic carbocycles. The number of hydrogen-bond acceptors (Lipinski definition) is 4. The Hall–Kier alpha value is -2.87. The summed E-state index contributed by atoms with van der Waals surface area (Å²) < 4.78 is 13.4. The van der Waals surface area contributed by atoms with Gasteiger partial charge in [-0.1, -0.05) is 65.3 Å². The highest BCUT2D eigenvalue weighted by Gasteiger charge is 2.35. The number of anilines is 1. The molecule has 0 aromatic heterocycles. The average Bonchev–Trinajstić information content (AvgIpc) is 2.82. The maximum atomic E-state index is 13.4. The van der Waals surface area contributed by atoms with Gasteiger partial charge in [-0.15, -0.1) is 0 Å². The van der Waals surface area contributed by atoms with Gasteiger partial charge in [0.2, 0.25) is 11.8 Å². The van der Waals surface area contributed by atoms with Gasteiger partial charge < -0.3 is 5.32 Å². The van der Waals surface area contributed by atoms with E-state index in [0.717, 1.165) is 12.8 Å². The number of aryl methyl sites for hydroxylation is 1. The van der Waals surface area contributed by atoms with Gasteiger partial charge in [0.05, 0.1) is 5.69 Å². The van der Waals surface area contributed by atoms with E-state index in [1.807, 2.05) is 30.3 Å². The standard InChI is InChI=1S/C26H22Cl2FN3O2S/c27-18-13-19(28)15-22(14-18)30-25(34)23-16-24(33)32(12-4-7-17-5-2-1-3-6-17)26(35-23)31-21-10-8-20(29)9-11-21/h1-3,5-6,8-11,13-15,23H,4,7,12,16H2,(H,30,34). The molecule has 0 bridgehead atoms. The second kappa shape index (κ2) is 11.7. The fourth-order valence-electron chi connectivity index (χ4n) is 3.62. The van der Waals surface area contributed by atoms with Crippen LogP contribution >= 0.6 is 35.0 Å². The fourth-order valence-corrected chi connectivity index (χ4v) is 5.27. The zero-order valence-electron chi connectivity index (χ0n) is 18.6. The first kappa shape index (κ1) is 25.2. The lowest BCUT2D eigenvalue weighted by Gasteiger charge is -2.32. The molecule has 180 valence electrons. The number of nitrogens with zero attached hydrogens (tertiary/aromatic N) is 2. The minimum atomic E-state index is -0.690. The number of amides is 2. The van der Waals surface area contributed by atoms with Gasteiger partial charge in [0.15, 0.2) is 5.17 Å². The van der Waals surface area contributed by atoms with Crippen molar-refractivity contribution in [1.82, 2.24) is 4.90 Å². The van der Waals surface area contributed by atoms with E-state index < -0.39 is 5.25 Å². The number of carbonyl (C=O) groups is 2. The Balaban J connectivity index is 1.51. The first-order chi connectivity index (χ1) is 16.9. The maximum Gasteiger partial charge on any atom is 0.238 e. The minimum Gasteiger partial charge on any atom is -0.325 e. The molecule has 1 fully saturated rings. The zero-order chi connectivity index (χ0) is 24.8. The third-order valence-electron chi connectivity index (χ3n) is 5.30. The van der Waals surface area contributed by atoms with Crippen molar-refractivity contribution < 1.29 is 14.0 Å². The number of amidine groups is 1. The molecule has 1 N–H and O–H groups in total. The first-order valence-electron chi connectivity index (χ1n) is 11.0. The van der Waals surface area contributed by atoms with Crippen LogP contribution in [0.5, 0.6) is 0 Å². The Labute approximate surface area is 217 Å². The van der Waals surface area contributed by atoms with Crippen LogP contribution in [-0.4, -0.2) is 33.7 Å². The van der Waals surface area contributed by atoms with E-state index in [2.05, 4.69) is 10.3 Å². The summed E-state index contributed by atoms with van der Waals surface area (Å²) in [5.41, 5.74) is 2.12. The molecule has 3 aromatic rings. The molecule has 35 heavy (non-hydrogen) atoms. The molecule has 0 radical (unpaired) electrons. The molecule has 1 unspecified atom stereocenters. The van der Waals surface area contributed by atoms with E-state index in [1.54, 1.807) is 23.1 Å². The van der Waals surface area contributed by atoms with Crippen LogP contribution in [0.2, 0.25) is 10.0 Å². The van der Waals surface area contributed by atoms with Crippen molar-refractivity contribution >= 4 is 63.3 Å². The molecular formula is C26H22Cl2FN3O2S. The van der Waals surface area contributed by atoms with E-state index in [4.69, 9.17) is 23.2 Å². The van der Waals surface area contributed by atoms with Crippen LogP contribution in [0.15, 0.2) is 77.8 Å². The second-order valence-corrected chi connectivity index (χ2v) is 10.0. The van der Waals surface area contributed by atoms with E-state index >= 15 is 0 Å². The number of aliphatic imine (C=N–C) groups is 1. The Kier molecular flexibility index (Phi) is 8.44. The van der Waals surface area contributed by atoms with Crippen LogP contribution in [0.3, 0.4) is 0 Å². The van der Waals surface area contributed by atoms with Crippen molar-refractivity contribution in [3.8, 4) is 0 Å². The summed E-state index contributed by atoms with van der Waals surface area (Å²) in [7, 11) is 0. The Bertz CT molecular complexity index is 1220. The quantitative estimate of drug-likeness (QED) is 0.369. The summed E-state index contributed by atoms with van der Waals surface area (Å²) in [6, 6.07) is 20.4. The summed E-state index contributed by atoms with van der Waals surface area (Å²) in [5, 5.41) is 3.28.